The minimum Gasteiger partial charge on any atom is -0.207 e. The molecule has 0 nitrogen and oxygen atoms in total. The molecule has 2 unspecified atom stereocenters. The summed E-state index contributed by atoms with van der Waals surface area (Å²) in [5.74, 6) is 0.195. The van der Waals surface area contributed by atoms with E-state index < -0.39 is 5.92 Å². The molecule has 0 radical (unpaired) electrons. The van der Waals surface area contributed by atoms with E-state index in [-0.39, 0.29) is 18.8 Å². The molecule has 0 saturated heterocycles. The van der Waals surface area contributed by atoms with Crippen molar-refractivity contribution in [1.82, 2.24) is 0 Å². The van der Waals surface area contributed by atoms with Crippen molar-refractivity contribution >= 4 is 0 Å². The van der Waals surface area contributed by atoms with Gasteiger partial charge < -0.3 is 0 Å². The Bertz CT molecular complexity index is 286. The SMILES string of the molecule is CC(C)C1CCCC(C)(C)C1.CC(C)C1CCCC(F)(F)C1. The summed E-state index contributed by atoms with van der Waals surface area (Å²) in [6.45, 7) is 13.6. The maximum atomic E-state index is 12.8. The van der Waals surface area contributed by atoms with Gasteiger partial charge in [0.2, 0.25) is 5.92 Å². The van der Waals surface area contributed by atoms with Crippen molar-refractivity contribution in [1.29, 1.82) is 0 Å². The first-order chi connectivity index (χ1) is 10.0. The molecule has 0 N–H and O–H groups in total. The van der Waals surface area contributed by atoms with Crippen LogP contribution in [0.1, 0.15) is 92.9 Å². The van der Waals surface area contributed by atoms with Gasteiger partial charge in [-0.25, -0.2) is 8.78 Å². The van der Waals surface area contributed by atoms with Crippen molar-refractivity contribution in [2.45, 2.75) is 98.8 Å². The zero-order chi connectivity index (χ0) is 17.0. The lowest BCUT2D eigenvalue weighted by Gasteiger charge is -2.37. The second kappa shape index (κ2) is 8.11. The van der Waals surface area contributed by atoms with Crippen LogP contribution in [0.3, 0.4) is 0 Å². The monoisotopic (exact) mass is 316 g/mol. The lowest BCUT2D eigenvalue weighted by molar-refractivity contribution is -0.0595. The molecule has 2 saturated carbocycles. The topological polar surface area (TPSA) is 0 Å². The molecule has 0 amide bonds. The molecule has 2 heteroatoms. The second-order valence-corrected chi connectivity index (χ2v) is 9.22. The summed E-state index contributed by atoms with van der Waals surface area (Å²) < 4.78 is 25.6. The third-order valence-electron chi connectivity index (χ3n) is 5.81. The van der Waals surface area contributed by atoms with Gasteiger partial charge in [0.25, 0.3) is 0 Å². The number of hydrogen-bond acceptors (Lipinski definition) is 0. The van der Waals surface area contributed by atoms with E-state index in [1.165, 1.54) is 25.7 Å². The van der Waals surface area contributed by atoms with Crippen LogP contribution >= 0.6 is 0 Å². The Labute approximate surface area is 137 Å². The molecule has 0 spiro atoms. The van der Waals surface area contributed by atoms with Crippen LogP contribution < -0.4 is 0 Å². The number of rotatable bonds is 2. The first kappa shape index (κ1) is 19.9. The average Bonchev–Trinajstić information content (AvgIpc) is 2.37. The highest BCUT2D eigenvalue weighted by Gasteiger charge is 2.37. The summed E-state index contributed by atoms with van der Waals surface area (Å²) in [7, 11) is 0. The first-order valence-electron chi connectivity index (χ1n) is 9.40. The minimum atomic E-state index is -2.37. The van der Waals surface area contributed by atoms with Crippen molar-refractivity contribution in [2.24, 2.45) is 29.1 Å². The van der Waals surface area contributed by atoms with Gasteiger partial charge in [-0.05, 0) is 54.8 Å². The van der Waals surface area contributed by atoms with E-state index in [0.29, 0.717) is 17.8 Å². The molecular formula is C20H38F2. The fraction of sp³-hybridized carbons (Fsp3) is 1.00. The Morgan fingerprint density at radius 2 is 1.23 bits per heavy atom. The summed E-state index contributed by atoms with van der Waals surface area (Å²) in [5, 5.41) is 0. The second-order valence-electron chi connectivity index (χ2n) is 9.22. The highest BCUT2D eigenvalue weighted by atomic mass is 19.3. The molecule has 2 fully saturated rings. The molecule has 0 aromatic carbocycles. The summed E-state index contributed by atoms with van der Waals surface area (Å²) in [6, 6.07) is 0. The number of halogens is 2. The summed E-state index contributed by atoms with van der Waals surface area (Å²) in [5.41, 5.74) is 0.632. The van der Waals surface area contributed by atoms with Gasteiger partial charge in [0.1, 0.15) is 0 Å². The predicted octanol–water partition coefficient (Wildman–Crippen LogP) is 7.33. The molecule has 0 aliphatic heterocycles. The van der Waals surface area contributed by atoms with E-state index in [0.717, 1.165) is 18.3 Å². The maximum absolute atomic E-state index is 12.8. The van der Waals surface area contributed by atoms with Gasteiger partial charge in [-0.3, -0.25) is 0 Å². The molecule has 132 valence electrons. The molecule has 0 bridgehead atoms. The van der Waals surface area contributed by atoms with Crippen molar-refractivity contribution in [3.8, 4) is 0 Å². The third kappa shape index (κ3) is 6.96. The van der Waals surface area contributed by atoms with Crippen LogP contribution in [-0.2, 0) is 0 Å². The van der Waals surface area contributed by atoms with Crippen molar-refractivity contribution < 1.29 is 8.78 Å². The first-order valence-corrected chi connectivity index (χ1v) is 9.40. The molecule has 0 heterocycles. The van der Waals surface area contributed by atoms with E-state index >= 15 is 0 Å². The molecular weight excluding hydrogens is 278 g/mol. The average molecular weight is 317 g/mol. The van der Waals surface area contributed by atoms with Crippen LogP contribution in [0.5, 0.6) is 0 Å². The van der Waals surface area contributed by atoms with Crippen LogP contribution in [0.25, 0.3) is 0 Å². The molecule has 2 atom stereocenters. The highest BCUT2D eigenvalue weighted by molar-refractivity contribution is 4.81. The standard InChI is InChI=1S/C11H22.C9H16F2/c1-9(2)10-6-5-7-11(3,4)8-10;1-7(2)8-4-3-5-9(10,11)6-8/h9-10H,5-8H2,1-4H3;7-8H,3-6H2,1-2H3. The molecule has 2 rings (SSSR count). The van der Waals surface area contributed by atoms with Gasteiger partial charge in [0.15, 0.2) is 0 Å². The van der Waals surface area contributed by atoms with Crippen LogP contribution in [0.4, 0.5) is 8.78 Å². The smallest absolute Gasteiger partial charge is 0.207 e. The van der Waals surface area contributed by atoms with Crippen molar-refractivity contribution in [2.75, 3.05) is 0 Å². The molecule has 22 heavy (non-hydrogen) atoms. The quantitative estimate of drug-likeness (QED) is 0.500. The van der Waals surface area contributed by atoms with Crippen LogP contribution in [0.15, 0.2) is 0 Å². The lowest BCUT2D eigenvalue weighted by Crippen LogP contribution is -2.28. The fourth-order valence-electron chi connectivity index (χ4n) is 4.11. The third-order valence-corrected chi connectivity index (χ3v) is 5.81. The van der Waals surface area contributed by atoms with Gasteiger partial charge in [0, 0.05) is 12.8 Å². The van der Waals surface area contributed by atoms with Gasteiger partial charge >= 0.3 is 0 Å². The predicted molar refractivity (Wildman–Crippen MR) is 92.3 cm³/mol. The van der Waals surface area contributed by atoms with Crippen molar-refractivity contribution in [3.63, 3.8) is 0 Å². The Balaban J connectivity index is 0.000000220. The van der Waals surface area contributed by atoms with E-state index in [9.17, 15) is 8.78 Å². The van der Waals surface area contributed by atoms with Gasteiger partial charge in [-0.1, -0.05) is 54.4 Å². The Hall–Kier alpha value is -0.140. The van der Waals surface area contributed by atoms with Crippen LogP contribution in [0.2, 0.25) is 0 Å². The zero-order valence-corrected chi connectivity index (χ0v) is 15.7. The lowest BCUT2D eigenvalue weighted by atomic mass is 9.69. The summed E-state index contributed by atoms with van der Waals surface area (Å²) >= 11 is 0. The van der Waals surface area contributed by atoms with Gasteiger partial charge in [-0.15, -0.1) is 0 Å². The van der Waals surface area contributed by atoms with E-state index in [1.807, 2.05) is 13.8 Å². The Morgan fingerprint density at radius 3 is 1.55 bits per heavy atom. The van der Waals surface area contributed by atoms with E-state index in [1.54, 1.807) is 0 Å². The highest BCUT2D eigenvalue weighted by Crippen LogP contribution is 2.41. The Morgan fingerprint density at radius 1 is 0.773 bits per heavy atom. The summed E-state index contributed by atoms with van der Waals surface area (Å²) in [4.78, 5) is 0. The number of alkyl halides is 2. The molecule has 0 aromatic rings. The van der Waals surface area contributed by atoms with Crippen LogP contribution in [0, 0.1) is 29.1 Å². The van der Waals surface area contributed by atoms with Gasteiger partial charge in [-0.2, -0.15) is 0 Å². The van der Waals surface area contributed by atoms with E-state index in [4.69, 9.17) is 0 Å². The minimum absolute atomic E-state index is 0.107. The van der Waals surface area contributed by atoms with Crippen LogP contribution in [-0.4, -0.2) is 5.92 Å². The maximum Gasteiger partial charge on any atom is 0.248 e. The van der Waals surface area contributed by atoms with Gasteiger partial charge in [0.05, 0.1) is 0 Å². The zero-order valence-electron chi connectivity index (χ0n) is 15.7. The molecule has 0 aromatic heterocycles. The molecule has 2 aliphatic rings. The molecule has 2 aliphatic carbocycles. The number of hydrogen-bond donors (Lipinski definition) is 0. The van der Waals surface area contributed by atoms with E-state index in [2.05, 4.69) is 27.7 Å². The summed E-state index contributed by atoms with van der Waals surface area (Å²) in [6.07, 6.45) is 7.74. The largest absolute Gasteiger partial charge is 0.248 e. The normalized spacial score (nSPS) is 30.8. The fourth-order valence-corrected chi connectivity index (χ4v) is 4.11. The van der Waals surface area contributed by atoms with Crippen molar-refractivity contribution in [3.05, 3.63) is 0 Å². The Kier molecular flexibility index (Phi) is 7.33.